The normalized spacial score (nSPS) is 13.8. The van der Waals surface area contributed by atoms with Crippen LogP contribution in [0.15, 0.2) is 69.9 Å². The number of aliphatic hydroxyl groups excluding tert-OH is 1. The summed E-state index contributed by atoms with van der Waals surface area (Å²) < 4.78 is 4.22. The van der Waals surface area contributed by atoms with Gasteiger partial charge in [-0.3, -0.25) is 4.98 Å². The van der Waals surface area contributed by atoms with Crippen LogP contribution in [0.5, 0.6) is 0 Å². The van der Waals surface area contributed by atoms with Crippen molar-refractivity contribution in [3.05, 3.63) is 69.9 Å². The van der Waals surface area contributed by atoms with Crippen molar-refractivity contribution in [3.8, 4) is 0 Å². The number of hydrogen-bond acceptors (Lipinski definition) is 3. The van der Waals surface area contributed by atoms with E-state index < -0.39 is 6.10 Å². The fourth-order valence-electron chi connectivity index (χ4n) is 3.32. The van der Waals surface area contributed by atoms with Gasteiger partial charge in [0.05, 0.1) is 17.1 Å². The molecule has 0 spiro atoms. The summed E-state index contributed by atoms with van der Waals surface area (Å²) in [5.41, 5.74) is 3.04. The summed E-state index contributed by atoms with van der Waals surface area (Å²) in [5.74, 6) is 0. The highest BCUT2D eigenvalue weighted by molar-refractivity contribution is 9.10. The third-order valence-corrected chi connectivity index (χ3v) is 5.44. The lowest BCUT2D eigenvalue weighted by Crippen LogP contribution is -2.28. The van der Waals surface area contributed by atoms with E-state index in [1.807, 2.05) is 24.3 Å². The molecule has 0 fully saturated rings. The number of rotatable bonds is 4. The third-order valence-electron chi connectivity index (χ3n) is 4.46. The Kier molecular flexibility index (Phi) is 4.73. The molecule has 132 valence electrons. The van der Waals surface area contributed by atoms with Gasteiger partial charge in [-0.2, -0.15) is 0 Å². The van der Waals surface area contributed by atoms with E-state index in [9.17, 15) is 5.11 Å². The maximum atomic E-state index is 10.6. The first-order chi connectivity index (χ1) is 12.5. The number of nitrogens with one attached hydrogen (secondary N) is 1. The zero-order valence-corrected chi connectivity index (χ0v) is 17.2. The molecule has 0 saturated carbocycles. The minimum Gasteiger partial charge on any atom is -0.389 e. The molecule has 0 aliphatic heterocycles. The van der Waals surface area contributed by atoms with Gasteiger partial charge < -0.3 is 15.0 Å². The van der Waals surface area contributed by atoms with Gasteiger partial charge in [0, 0.05) is 37.8 Å². The third kappa shape index (κ3) is 3.13. The summed E-state index contributed by atoms with van der Waals surface area (Å²) in [5, 5.41) is 16.3. The first-order valence-electron chi connectivity index (χ1n) is 8.28. The van der Waals surface area contributed by atoms with Crippen LogP contribution in [0.1, 0.15) is 13.1 Å². The number of aliphatic hydroxyl groups is 1. The molecule has 2 aromatic heterocycles. The molecule has 0 aliphatic carbocycles. The van der Waals surface area contributed by atoms with E-state index in [1.165, 1.54) is 0 Å². The van der Waals surface area contributed by atoms with Crippen molar-refractivity contribution < 1.29 is 5.11 Å². The summed E-state index contributed by atoms with van der Waals surface area (Å²) in [6.07, 6.45) is 2.55. The van der Waals surface area contributed by atoms with Crippen molar-refractivity contribution in [2.75, 3.05) is 5.32 Å². The highest BCUT2D eigenvalue weighted by Gasteiger charge is 2.22. The Balaban J connectivity index is 1.97. The number of halogens is 2. The zero-order valence-electron chi connectivity index (χ0n) is 14.0. The Hall–Kier alpha value is -1.89. The topological polar surface area (TPSA) is 50.1 Å². The molecule has 4 nitrogen and oxygen atoms in total. The van der Waals surface area contributed by atoms with Crippen molar-refractivity contribution >= 4 is 59.4 Å². The van der Waals surface area contributed by atoms with Crippen LogP contribution in [0.4, 0.5) is 5.69 Å². The number of aromatic nitrogens is 2. The molecular formula is C20H17Br2N3O. The Morgan fingerprint density at radius 1 is 0.923 bits per heavy atom. The van der Waals surface area contributed by atoms with Crippen LogP contribution in [0, 0.1) is 0 Å². The molecule has 2 atom stereocenters. The van der Waals surface area contributed by atoms with Crippen molar-refractivity contribution in [1.29, 1.82) is 0 Å². The summed E-state index contributed by atoms with van der Waals surface area (Å²) in [4.78, 5) is 4.06. The average Bonchev–Trinajstić information content (AvgIpc) is 2.93. The second-order valence-corrected chi connectivity index (χ2v) is 8.09. The van der Waals surface area contributed by atoms with E-state index in [2.05, 4.69) is 71.0 Å². The van der Waals surface area contributed by atoms with Crippen LogP contribution in [0.3, 0.4) is 0 Å². The van der Waals surface area contributed by atoms with Gasteiger partial charge >= 0.3 is 0 Å². The molecule has 0 aliphatic rings. The number of nitrogens with zero attached hydrogens (tertiary/aromatic N) is 2. The van der Waals surface area contributed by atoms with Gasteiger partial charge in [-0.15, -0.1) is 0 Å². The fraction of sp³-hybridized carbons (Fsp3) is 0.150. The lowest BCUT2D eigenvalue weighted by Gasteiger charge is -2.26. The van der Waals surface area contributed by atoms with Crippen LogP contribution < -0.4 is 5.32 Å². The van der Waals surface area contributed by atoms with E-state index in [4.69, 9.17) is 0 Å². The number of anilines is 1. The molecule has 2 unspecified atom stereocenters. The molecule has 0 amide bonds. The SMILES string of the molecule is CC(O)C(Nc1ccncc1)n1c2ccc(Br)cc2c2cc(Br)ccc21. The predicted molar refractivity (Wildman–Crippen MR) is 113 cm³/mol. The first-order valence-corrected chi connectivity index (χ1v) is 9.86. The maximum absolute atomic E-state index is 10.6. The van der Waals surface area contributed by atoms with Crippen molar-refractivity contribution in [3.63, 3.8) is 0 Å². The van der Waals surface area contributed by atoms with Crippen LogP contribution in [-0.2, 0) is 0 Å². The van der Waals surface area contributed by atoms with Crippen molar-refractivity contribution in [2.45, 2.75) is 19.2 Å². The summed E-state index contributed by atoms with van der Waals surface area (Å²) in [7, 11) is 0. The second kappa shape index (κ2) is 7.02. The minimum atomic E-state index is -0.603. The van der Waals surface area contributed by atoms with Gasteiger partial charge in [0.1, 0.15) is 6.17 Å². The minimum absolute atomic E-state index is 0.320. The molecule has 4 rings (SSSR count). The number of pyridine rings is 1. The molecule has 2 heterocycles. The molecule has 0 radical (unpaired) electrons. The monoisotopic (exact) mass is 473 g/mol. The molecule has 0 saturated heterocycles. The van der Waals surface area contributed by atoms with Gasteiger partial charge in [0.15, 0.2) is 0 Å². The molecule has 0 bridgehead atoms. The summed E-state index contributed by atoms with van der Waals surface area (Å²) in [6.45, 7) is 1.80. The van der Waals surface area contributed by atoms with E-state index in [-0.39, 0.29) is 6.17 Å². The lowest BCUT2D eigenvalue weighted by molar-refractivity contribution is 0.147. The van der Waals surface area contributed by atoms with Gasteiger partial charge in [0.2, 0.25) is 0 Å². The standard InChI is InChI=1S/C20H17Br2N3O/c1-12(26)20(24-15-6-8-23-9-7-15)25-18-4-2-13(21)10-16(18)17-11-14(22)3-5-19(17)25/h2-12,20,26H,1H3,(H,23,24). The van der Waals surface area contributed by atoms with Crippen LogP contribution in [0.25, 0.3) is 21.8 Å². The molecular weight excluding hydrogens is 458 g/mol. The second-order valence-electron chi connectivity index (χ2n) is 6.26. The van der Waals surface area contributed by atoms with Crippen molar-refractivity contribution in [1.82, 2.24) is 9.55 Å². The lowest BCUT2D eigenvalue weighted by atomic mass is 10.2. The van der Waals surface area contributed by atoms with Gasteiger partial charge in [0.25, 0.3) is 0 Å². The van der Waals surface area contributed by atoms with Crippen LogP contribution in [0.2, 0.25) is 0 Å². The molecule has 26 heavy (non-hydrogen) atoms. The largest absolute Gasteiger partial charge is 0.389 e. The molecule has 4 aromatic rings. The van der Waals surface area contributed by atoms with Crippen LogP contribution in [-0.4, -0.2) is 20.8 Å². The Morgan fingerprint density at radius 3 is 1.96 bits per heavy atom. The molecule has 2 aromatic carbocycles. The highest BCUT2D eigenvalue weighted by Crippen LogP contribution is 2.36. The summed E-state index contributed by atoms with van der Waals surface area (Å²) >= 11 is 7.15. The smallest absolute Gasteiger partial charge is 0.130 e. The van der Waals surface area contributed by atoms with E-state index >= 15 is 0 Å². The number of hydrogen-bond donors (Lipinski definition) is 2. The average molecular weight is 475 g/mol. The maximum Gasteiger partial charge on any atom is 0.130 e. The fourth-order valence-corrected chi connectivity index (χ4v) is 4.04. The van der Waals surface area contributed by atoms with Crippen molar-refractivity contribution in [2.24, 2.45) is 0 Å². The molecule has 2 N–H and O–H groups in total. The zero-order chi connectivity index (χ0) is 18.3. The van der Waals surface area contributed by atoms with Gasteiger partial charge in [-0.05, 0) is 55.5 Å². The Bertz CT molecular complexity index is 1020. The number of benzene rings is 2. The van der Waals surface area contributed by atoms with Gasteiger partial charge in [-0.25, -0.2) is 0 Å². The predicted octanol–water partition coefficient (Wildman–Crippen LogP) is 5.71. The quantitative estimate of drug-likeness (QED) is 0.398. The molecule has 6 heteroatoms. The summed E-state index contributed by atoms with van der Waals surface area (Å²) in [6, 6.07) is 16.2. The van der Waals surface area contributed by atoms with Gasteiger partial charge in [-0.1, -0.05) is 31.9 Å². The Labute approximate surface area is 168 Å². The highest BCUT2D eigenvalue weighted by atomic mass is 79.9. The van der Waals surface area contributed by atoms with E-state index in [0.717, 1.165) is 36.4 Å². The van der Waals surface area contributed by atoms with Crippen LogP contribution >= 0.6 is 31.9 Å². The Morgan fingerprint density at radius 2 is 1.46 bits per heavy atom. The first kappa shape index (κ1) is 17.5. The van der Waals surface area contributed by atoms with E-state index in [1.54, 1.807) is 19.3 Å². The number of fused-ring (bicyclic) bond motifs is 3. The van der Waals surface area contributed by atoms with E-state index in [0.29, 0.717) is 0 Å².